The molecule has 1 fully saturated rings. The third kappa shape index (κ3) is 7.98. The fourth-order valence-electron chi connectivity index (χ4n) is 5.66. The number of β-amino-alcohol motifs (C(OH)–C–C–N with tert-alkyl or cyclic N) is 1. The van der Waals surface area contributed by atoms with E-state index in [4.69, 9.17) is 0 Å². The van der Waals surface area contributed by atoms with E-state index >= 15 is 0 Å². The maximum atomic E-state index is 14.0. The molecule has 0 radical (unpaired) electrons. The Morgan fingerprint density at radius 1 is 1.05 bits per heavy atom. The number of carbonyl (C=O) groups excluding carboxylic acids is 3. The molecule has 0 aromatic heterocycles. The quantitative estimate of drug-likeness (QED) is 0.292. The lowest BCUT2D eigenvalue weighted by molar-refractivity contribution is -0.146. The van der Waals surface area contributed by atoms with E-state index in [0.29, 0.717) is 0 Å². The fourth-order valence-corrected chi connectivity index (χ4v) is 5.66. The van der Waals surface area contributed by atoms with Crippen molar-refractivity contribution >= 4 is 23.7 Å². The van der Waals surface area contributed by atoms with Crippen LogP contribution in [0.5, 0.6) is 0 Å². The van der Waals surface area contributed by atoms with Gasteiger partial charge in [0.1, 0.15) is 12.1 Å². The highest BCUT2D eigenvalue weighted by molar-refractivity contribution is 5.96. The van der Waals surface area contributed by atoms with E-state index in [9.17, 15) is 29.4 Å². The van der Waals surface area contributed by atoms with Crippen LogP contribution in [0.1, 0.15) is 67.4 Å². The molecule has 2 rings (SSSR count). The number of nitrogens with zero attached hydrogens (tertiary/aromatic N) is 2. The van der Waals surface area contributed by atoms with Crippen molar-refractivity contribution in [2.45, 2.75) is 97.5 Å². The second kappa shape index (κ2) is 13.8. The Labute approximate surface area is 250 Å². The molecule has 0 aliphatic carbocycles. The zero-order valence-electron chi connectivity index (χ0n) is 26.8. The van der Waals surface area contributed by atoms with Crippen molar-refractivity contribution in [2.24, 2.45) is 11.3 Å². The van der Waals surface area contributed by atoms with Gasteiger partial charge in [-0.15, -0.1) is 0 Å². The first kappa shape index (κ1) is 35.0. The minimum Gasteiger partial charge on any atom is -0.480 e. The highest BCUT2D eigenvalue weighted by Crippen LogP contribution is 2.29. The summed E-state index contributed by atoms with van der Waals surface area (Å²) in [6.45, 7) is 15.0. The highest BCUT2D eigenvalue weighted by Gasteiger charge is 2.42. The number of nitrogens with one attached hydrogen (secondary N) is 2. The van der Waals surface area contributed by atoms with Gasteiger partial charge in [0.05, 0.1) is 18.2 Å². The molecule has 10 nitrogen and oxygen atoms in total. The zero-order valence-corrected chi connectivity index (χ0v) is 26.8. The second-order valence-electron chi connectivity index (χ2n) is 13.4. The molecule has 4 N–H and O–H groups in total. The van der Waals surface area contributed by atoms with Crippen LogP contribution < -0.4 is 10.6 Å². The summed E-state index contributed by atoms with van der Waals surface area (Å²) >= 11 is 0. The third-order valence-corrected chi connectivity index (χ3v) is 8.25. The summed E-state index contributed by atoms with van der Waals surface area (Å²) in [5.74, 6) is -2.37. The third-order valence-electron chi connectivity index (χ3n) is 8.25. The summed E-state index contributed by atoms with van der Waals surface area (Å²) in [6.07, 6.45) is 0.741. The Morgan fingerprint density at radius 2 is 1.62 bits per heavy atom. The number of likely N-dealkylation sites (tertiary alicyclic amines) is 1. The van der Waals surface area contributed by atoms with Crippen LogP contribution >= 0.6 is 0 Å². The lowest BCUT2D eigenvalue weighted by atomic mass is 9.76. The predicted octanol–water partition coefficient (Wildman–Crippen LogP) is 2.56. The smallest absolute Gasteiger partial charge is 0.326 e. The number of aliphatic carboxylic acids is 1. The van der Waals surface area contributed by atoms with Crippen molar-refractivity contribution in [3.63, 3.8) is 0 Å². The zero-order chi connectivity index (χ0) is 32.2. The number of carboxylic acids is 1. The molecule has 10 heteroatoms. The van der Waals surface area contributed by atoms with Crippen molar-refractivity contribution in [1.29, 1.82) is 0 Å². The molecule has 3 amide bonds. The number of likely N-dealkylation sites (N-methyl/N-ethyl adjacent to an activating group) is 2. The second-order valence-corrected chi connectivity index (χ2v) is 13.4. The summed E-state index contributed by atoms with van der Waals surface area (Å²) in [6, 6.07) is 6.62. The first-order valence-electron chi connectivity index (χ1n) is 14.5. The van der Waals surface area contributed by atoms with Gasteiger partial charge in [-0.3, -0.25) is 14.4 Å². The van der Waals surface area contributed by atoms with Gasteiger partial charge in [0.25, 0.3) is 0 Å². The van der Waals surface area contributed by atoms with Gasteiger partial charge < -0.3 is 30.6 Å². The number of carboxylic acid groups (broad SMARTS) is 1. The van der Waals surface area contributed by atoms with Crippen molar-refractivity contribution in [3.05, 3.63) is 47.5 Å². The number of rotatable bonds is 11. The summed E-state index contributed by atoms with van der Waals surface area (Å²) in [5.41, 5.74) is 0.0582. The molecule has 1 heterocycles. The average Bonchev–Trinajstić information content (AvgIpc) is 3.30. The van der Waals surface area contributed by atoms with Crippen molar-refractivity contribution < 1.29 is 29.4 Å². The van der Waals surface area contributed by atoms with Crippen molar-refractivity contribution in [1.82, 2.24) is 20.4 Å². The first-order valence-corrected chi connectivity index (χ1v) is 14.5. The summed E-state index contributed by atoms with van der Waals surface area (Å²) < 4.78 is 0. The van der Waals surface area contributed by atoms with Crippen molar-refractivity contribution in [2.75, 3.05) is 20.6 Å². The predicted molar refractivity (Wildman–Crippen MR) is 163 cm³/mol. The molecule has 1 unspecified atom stereocenters. The Hall–Kier alpha value is -3.24. The summed E-state index contributed by atoms with van der Waals surface area (Å²) in [7, 11) is 3.37. The van der Waals surface area contributed by atoms with Gasteiger partial charge in [-0.2, -0.15) is 0 Å². The van der Waals surface area contributed by atoms with E-state index in [2.05, 4.69) is 10.6 Å². The van der Waals surface area contributed by atoms with Gasteiger partial charge in [-0.05, 0) is 30.9 Å². The first-order chi connectivity index (χ1) is 19.3. The fraction of sp³-hybridized carbons (Fsp3) is 0.625. The van der Waals surface area contributed by atoms with Gasteiger partial charge in [-0.25, -0.2) is 4.79 Å². The lowest BCUT2D eigenvalue weighted by Gasteiger charge is -2.40. The molecule has 1 saturated heterocycles. The Morgan fingerprint density at radius 3 is 2.10 bits per heavy atom. The summed E-state index contributed by atoms with van der Waals surface area (Å²) in [4.78, 5) is 55.4. The Kier molecular flexibility index (Phi) is 11.5. The SMILES string of the molecule is CN[C@H](C(=O)N[C@H](C(=O)N(C)[C@H](/C=C(\C)C(=O)N1CC(O)C[C@@H]1C(=O)O)C(C)C)C(C)(C)C)C(C)(C)c1ccccc1. The standard InChI is InChI=1S/C32H50N4O6/c1-19(2)23(16-20(3)28(39)36-18-22(37)17-24(36)30(41)42)35(10)29(40)26(31(4,5)6)34-27(38)25(33-9)32(7,8)21-14-12-11-13-15-21/h11-16,19,22-26,33,37H,17-18H2,1-10H3,(H,34,38)(H,41,42)/b20-16+/t22?,23-,24-,25-,26-/m1/s1. The van der Waals surface area contributed by atoms with Crippen LogP contribution in [0.4, 0.5) is 0 Å². The Balaban J connectivity index is 2.35. The molecule has 1 aliphatic heterocycles. The normalized spacial score (nSPS) is 20.2. The molecule has 1 aromatic carbocycles. The van der Waals surface area contributed by atoms with Crippen molar-refractivity contribution in [3.8, 4) is 0 Å². The topological polar surface area (TPSA) is 139 Å². The molecule has 42 heavy (non-hydrogen) atoms. The van der Waals surface area contributed by atoms with Gasteiger partial charge in [0.2, 0.25) is 17.7 Å². The van der Waals surface area contributed by atoms with E-state index in [1.165, 1.54) is 4.90 Å². The highest BCUT2D eigenvalue weighted by atomic mass is 16.4. The maximum Gasteiger partial charge on any atom is 0.326 e. The van der Waals surface area contributed by atoms with Crippen LogP contribution in [-0.2, 0) is 24.6 Å². The van der Waals surface area contributed by atoms with E-state index in [1.54, 1.807) is 32.0 Å². The molecule has 0 spiro atoms. The molecule has 1 aliphatic rings. The number of aliphatic hydroxyl groups excluding tert-OH is 1. The number of hydrogen-bond donors (Lipinski definition) is 4. The molecular weight excluding hydrogens is 536 g/mol. The van der Waals surface area contributed by atoms with Crippen LogP contribution in [-0.4, -0.2) is 94.6 Å². The Bertz CT molecular complexity index is 1160. The number of amides is 3. The van der Waals surface area contributed by atoms with E-state index in [0.717, 1.165) is 5.56 Å². The molecular formula is C32H50N4O6. The molecule has 0 saturated carbocycles. The largest absolute Gasteiger partial charge is 0.480 e. The molecule has 5 atom stereocenters. The van der Waals surface area contributed by atoms with Gasteiger partial charge >= 0.3 is 5.97 Å². The minimum atomic E-state index is -1.17. The number of benzene rings is 1. The van der Waals surface area contributed by atoms with Gasteiger partial charge in [-0.1, -0.05) is 84.9 Å². The molecule has 1 aromatic rings. The molecule has 0 bridgehead atoms. The van der Waals surface area contributed by atoms with Crippen LogP contribution in [0, 0.1) is 11.3 Å². The van der Waals surface area contributed by atoms with E-state index in [1.807, 2.05) is 78.8 Å². The monoisotopic (exact) mass is 586 g/mol. The molecule has 234 valence electrons. The lowest BCUT2D eigenvalue weighted by Crippen LogP contribution is -2.61. The van der Waals surface area contributed by atoms with Gasteiger partial charge in [0, 0.05) is 31.0 Å². The van der Waals surface area contributed by atoms with Gasteiger partial charge in [0.15, 0.2) is 0 Å². The van der Waals surface area contributed by atoms with E-state index in [-0.39, 0.29) is 36.3 Å². The minimum absolute atomic E-state index is 0.0258. The summed E-state index contributed by atoms with van der Waals surface area (Å²) in [5, 5.41) is 25.7. The average molecular weight is 587 g/mol. The maximum absolute atomic E-state index is 14.0. The van der Waals surface area contributed by atoms with Crippen LogP contribution in [0.15, 0.2) is 42.0 Å². The van der Waals surface area contributed by atoms with E-state index < -0.39 is 53.0 Å². The van der Waals surface area contributed by atoms with Crippen LogP contribution in [0.2, 0.25) is 0 Å². The number of carbonyl (C=O) groups is 4. The van der Waals surface area contributed by atoms with Crippen LogP contribution in [0.3, 0.4) is 0 Å². The van der Waals surface area contributed by atoms with Crippen LogP contribution in [0.25, 0.3) is 0 Å². The number of aliphatic hydroxyl groups is 1. The number of hydrogen-bond acceptors (Lipinski definition) is 6.